The minimum atomic E-state index is -3.60. The van der Waals surface area contributed by atoms with Crippen LogP contribution in [0.15, 0.2) is 33.8 Å². The fourth-order valence-corrected chi connectivity index (χ4v) is 5.88. The van der Waals surface area contributed by atoms with Gasteiger partial charge in [0, 0.05) is 25.7 Å². The Morgan fingerprint density at radius 1 is 1.06 bits per heavy atom. The lowest BCUT2D eigenvalue weighted by Crippen LogP contribution is -2.41. The molecule has 2 heterocycles. The average Bonchev–Trinajstić information content (AvgIpc) is 3.27. The summed E-state index contributed by atoms with van der Waals surface area (Å²) in [6.45, 7) is 11.4. The first-order valence-electron chi connectivity index (χ1n) is 10.7. The maximum Gasteiger partial charge on any atom is 0.246 e. The zero-order chi connectivity index (χ0) is 22.8. The Morgan fingerprint density at radius 3 is 2.19 bits per heavy atom. The molecule has 168 valence electrons. The van der Waals surface area contributed by atoms with Crippen molar-refractivity contribution < 1.29 is 17.6 Å². The number of carbonyl (C=O) groups excluding carboxylic acids is 1. The van der Waals surface area contributed by atoms with Gasteiger partial charge >= 0.3 is 0 Å². The molecular formula is C24H32N2O4S. The number of nitrogens with zero attached hydrogens (tertiary/aromatic N) is 1. The lowest BCUT2D eigenvalue weighted by Gasteiger charge is -2.31. The van der Waals surface area contributed by atoms with Crippen LogP contribution in [-0.2, 0) is 14.8 Å². The second-order valence-corrected chi connectivity index (χ2v) is 10.1. The Balaban J connectivity index is 1.59. The van der Waals surface area contributed by atoms with Gasteiger partial charge in [0.2, 0.25) is 15.9 Å². The third-order valence-corrected chi connectivity index (χ3v) is 8.32. The molecule has 1 fully saturated rings. The predicted molar refractivity (Wildman–Crippen MR) is 122 cm³/mol. The molecule has 0 bridgehead atoms. The summed E-state index contributed by atoms with van der Waals surface area (Å²) in [5.74, 6) is 0.804. The highest BCUT2D eigenvalue weighted by atomic mass is 32.2. The first kappa shape index (κ1) is 23.3. The third-order valence-electron chi connectivity index (χ3n) is 6.62. The van der Waals surface area contributed by atoms with Crippen molar-refractivity contribution in [2.24, 2.45) is 5.92 Å². The van der Waals surface area contributed by atoms with E-state index in [4.69, 9.17) is 4.42 Å². The van der Waals surface area contributed by atoms with Crippen molar-refractivity contribution in [3.05, 3.63) is 58.0 Å². The van der Waals surface area contributed by atoms with E-state index in [1.54, 1.807) is 29.4 Å². The van der Waals surface area contributed by atoms with Crippen LogP contribution in [0.25, 0.3) is 6.08 Å². The van der Waals surface area contributed by atoms with Crippen LogP contribution < -0.4 is 4.72 Å². The van der Waals surface area contributed by atoms with E-state index >= 15 is 0 Å². The molecule has 2 aromatic rings. The fourth-order valence-electron chi connectivity index (χ4n) is 4.17. The molecule has 1 aromatic heterocycles. The maximum atomic E-state index is 13.1. The summed E-state index contributed by atoms with van der Waals surface area (Å²) in [4.78, 5) is 14.6. The van der Waals surface area contributed by atoms with Crippen LogP contribution >= 0.6 is 0 Å². The molecule has 0 saturated carbocycles. The van der Waals surface area contributed by atoms with E-state index in [1.165, 1.54) is 6.08 Å². The number of amides is 1. The van der Waals surface area contributed by atoms with Gasteiger partial charge in [-0.05, 0) is 99.4 Å². The summed E-state index contributed by atoms with van der Waals surface area (Å²) in [6, 6.07) is 3.57. The lowest BCUT2D eigenvalue weighted by molar-refractivity contribution is -0.127. The molecule has 1 N–H and O–H groups in total. The van der Waals surface area contributed by atoms with Crippen molar-refractivity contribution in [3.63, 3.8) is 0 Å². The zero-order valence-corrected chi connectivity index (χ0v) is 19.8. The van der Waals surface area contributed by atoms with Crippen LogP contribution in [0.4, 0.5) is 0 Å². The minimum Gasteiger partial charge on any atom is -0.465 e. The number of carbonyl (C=O) groups is 1. The van der Waals surface area contributed by atoms with Crippen LogP contribution in [0.3, 0.4) is 0 Å². The number of hydrogen-bond acceptors (Lipinski definition) is 4. The number of hydrogen-bond donors (Lipinski definition) is 1. The van der Waals surface area contributed by atoms with Crippen molar-refractivity contribution >= 4 is 22.0 Å². The van der Waals surface area contributed by atoms with Gasteiger partial charge in [0.15, 0.2) is 0 Å². The van der Waals surface area contributed by atoms with Crippen LogP contribution in [0.2, 0.25) is 0 Å². The largest absolute Gasteiger partial charge is 0.465 e. The molecule has 1 saturated heterocycles. The van der Waals surface area contributed by atoms with E-state index in [-0.39, 0.29) is 11.8 Å². The molecule has 1 aliphatic heterocycles. The SMILES string of the molecule is Cc1c(C)c(C)c(S(=O)(=O)NCC2CCN(C(=O)/C=C/c3ccco3)CC2)c(C)c1C. The highest BCUT2D eigenvalue weighted by Gasteiger charge is 2.26. The number of sulfonamides is 1. The minimum absolute atomic E-state index is 0.0488. The van der Waals surface area contributed by atoms with Gasteiger partial charge < -0.3 is 9.32 Å². The molecule has 1 aromatic carbocycles. The summed E-state index contributed by atoms with van der Waals surface area (Å²) in [5.41, 5.74) is 4.83. The molecule has 6 nitrogen and oxygen atoms in total. The first-order valence-corrected chi connectivity index (χ1v) is 12.2. The Hall–Kier alpha value is -2.38. The van der Waals surface area contributed by atoms with Gasteiger partial charge in [-0.1, -0.05) is 0 Å². The summed E-state index contributed by atoms with van der Waals surface area (Å²) >= 11 is 0. The first-order chi connectivity index (χ1) is 14.6. The van der Waals surface area contributed by atoms with E-state index < -0.39 is 10.0 Å². The second kappa shape index (κ2) is 9.40. The van der Waals surface area contributed by atoms with Gasteiger partial charge in [-0.2, -0.15) is 0 Å². The summed E-state index contributed by atoms with van der Waals surface area (Å²) < 4.78 is 34.3. The number of piperidine rings is 1. The quantitative estimate of drug-likeness (QED) is 0.682. The van der Waals surface area contributed by atoms with Crippen LogP contribution in [0, 0.1) is 40.5 Å². The van der Waals surface area contributed by atoms with Gasteiger partial charge in [0.05, 0.1) is 11.2 Å². The topological polar surface area (TPSA) is 79.6 Å². The summed E-state index contributed by atoms with van der Waals surface area (Å²) in [6.07, 6.45) is 6.30. The number of furan rings is 1. The van der Waals surface area contributed by atoms with Crippen LogP contribution in [0.1, 0.15) is 46.4 Å². The highest BCUT2D eigenvalue weighted by molar-refractivity contribution is 7.89. The smallest absolute Gasteiger partial charge is 0.246 e. The molecular weight excluding hydrogens is 412 g/mol. The van der Waals surface area contributed by atoms with E-state index in [2.05, 4.69) is 4.72 Å². The average molecular weight is 445 g/mol. The molecule has 0 spiro atoms. The zero-order valence-electron chi connectivity index (χ0n) is 19.0. The monoisotopic (exact) mass is 444 g/mol. The van der Waals surface area contributed by atoms with E-state index in [0.29, 0.717) is 30.3 Å². The summed E-state index contributed by atoms with van der Waals surface area (Å²) in [5, 5.41) is 0. The Kier molecular flexibility index (Phi) is 7.06. The van der Waals surface area contributed by atoms with E-state index in [0.717, 1.165) is 40.7 Å². The number of likely N-dealkylation sites (tertiary alicyclic amines) is 1. The molecule has 1 aliphatic rings. The number of benzene rings is 1. The number of rotatable bonds is 6. The van der Waals surface area contributed by atoms with Crippen molar-refractivity contribution in [2.45, 2.75) is 52.4 Å². The van der Waals surface area contributed by atoms with Crippen molar-refractivity contribution in [3.8, 4) is 0 Å². The standard InChI is InChI=1S/C24H32N2O4S/c1-16-17(2)19(4)24(20(5)18(16)3)31(28,29)25-15-21-10-12-26(13-11-21)23(27)9-8-22-7-6-14-30-22/h6-9,14,21,25H,10-13,15H2,1-5H3/b9-8+. The molecule has 31 heavy (non-hydrogen) atoms. The Morgan fingerprint density at radius 2 is 1.65 bits per heavy atom. The van der Waals surface area contributed by atoms with Crippen LogP contribution in [0.5, 0.6) is 0 Å². The molecule has 0 aliphatic carbocycles. The number of nitrogens with one attached hydrogen (secondary N) is 1. The van der Waals surface area contributed by atoms with Crippen molar-refractivity contribution in [2.75, 3.05) is 19.6 Å². The lowest BCUT2D eigenvalue weighted by atomic mass is 9.95. The second-order valence-electron chi connectivity index (χ2n) is 8.42. The van der Waals surface area contributed by atoms with Crippen LogP contribution in [-0.4, -0.2) is 38.9 Å². The third kappa shape index (κ3) is 5.10. The fraction of sp³-hybridized carbons (Fsp3) is 0.458. The Bertz CT molecular complexity index is 1050. The molecule has 1 amide bonds. The van der Waals surface area contributed by atoms with Gasteiger partial charge in [-0.3, -0.25) is 4.79 Å². The summed E-state index contributed by atoms with van der Waals surface area (Å²) in [7, 11) is -3.60. The molecule has 7 heteroatoms. The van der Waals surface area contributed by atoms with Gasteiger partial charge in [-0.15, -0.1) is 0 Å². The van der Waals surface area contributed by atoms with Gasteiger partial charge in [0.1, 0.15) is 5.76 Å². The normalized spacial score (nSPS) is 15.7. The molecule has 3 rings (SSSR count). The predicted octanol–water partition coefficient (Wildman–Crippen LogP) is 4.05. The molecule has 0 atom stereocenters. The Labute approximate surface area is 185 Å². The van der Waals surface area contributed by atoms with E-state index in [1.807, 2.05) is 34.6 Å². The highest BCUT2D eigenvalue weighted by Crippen LogP contribution is 2.29. The van der Waals surface area contributed by atoms with Crippen molar-refractivity contribution in [1.82, 2.24) is 9.62 Å². The van der Waals surface area contributed by atoms with Gasteiger partial charge in [-0.25, -0.2) is 13.1 Å². The molecule has 0 radical (unpaired) electrons. The van der Waals surface area contributed by atoms with E-state index in [9.17, 15) is 13.2 Å². The maximum absolute atomic E-state index is 13.1. The van der Waals surface area contributed by atoms with Crippen molar-refractivity contribution in [1.29, 1.82) is 0 Å². The van der Waals surface area contributed by atoms with Gasteiger partial charge in [0.25, 0.3) is 0 Å². The molecule has 0 unspecified atom stereocenters.